The fraction of sp³-hybridized carbons (Fsp3) is 0.333. The molecule has 0 aliphatic rings. The lowest BCUT2D eigenvalue weighted by Gasteiger charge is -1.94. The lowest BCUT2D eigenvalue weighted by atomic mass is 10.4. The highest BCUT2D eigenvalue weighted by Gasteiger charge is 1.95. The fourth-order valence-corrected chi connectivity index (χ4v) is 1.47. The van der Waals surface area contributed by atoms with Crippen LogP contribution in [0.5, 0.6) is 0 Å². The number of nitrogen functional groups attached to an aromatic ring is 1. The Hall–Kier alpha value is -0.540. The molecule has 0 amide bonds. The lowest BCUT2D eigenvalue weighted by molar-refractivity contribution is 0.833. The Bertz CT molecular complexity index is 183. The third kappa shape index (κ3) is 1.43. The van der Waals surface area contributed by atoms with Crippen LogP contribution in [0.25, 0.3) is 0 Å². The molecule has 0 fully saturated rings. The van der Waals surface area contributed by atoms with Crippen molar-refractivity contribution in [2.24, 2.45) is 0 Å². The van der Waals surface area contributed by atoms with Crippen molar-refractivity contribution in [3.05, 3.63) is 16.3 Å². The first-order chi connectivity index (χ1) is 4.34. The van der Waals surface area contributed by atoms with Gasteiger partial charge in [-0.05, 0) is 18.5 Å². The van der Waals surface area contributed by atoms with Gasteiger partial charge in [0.15, 0.2) is 0 Å². The van der Waals surface area contributed by atoms with Crippen molar-refractivity contribution in [2.45, 2.75) is 6.54 Å². The van der Waals surface area contributed by atoms with Gasteiger partial charge in [-0.15, -0.1) is 11.3 Å². The van der Waals surface area contributed by atoms with E-state index in [2.05, 4.69) is 5.32 Å². The van der Waals surface area contributed by atoms with Crippen LogP contribution in [0.3, 0.4) is 0 Å². The molecule has 0 aliphatic carbocycles. The summed E-state index contributed by atoms with van der Waals surface area (Å²) in [4.78, 5) is 1.22. The average molecular weight is 142 g/mol. The van der Waals surface area contributed by atoms with Gasteiger partial charge in [-0.3, -0.25) is 0 Å². The van der Waals surface area contributed by atoms with E-state index >= 15 is 0 Å². The molecule has 0 aliphatic heterocycles. The molecule has 3 heteroatoms. The van der Waals surface area contributed by atoms with E-state index in [0.29, 0.717) is 0 Å². The Morgan fingerprint density at radius 2 is 2.56 bits per heavy atom. The molecule has 0 saturated heterocycles. The van der Waals surface area contributed by atoms with Crippen LogP contribution in [-0.2, 0) is 6.54 Å². The third-order valence-electron chi connectivity index (χ3n) is 1.12. The summed E-state index contributed by atoms with van der Waals surface area (Å²) < 4.78 is 0. The Morgan fingerprint density at radius 1 is 1.78 bits per heavy atom. The van der Waals surface area contributed by atoms with E-state index in [1.807, 2.05) is 18.5 Å². The van der Waals surface area contributed by atoms with E-state index in [4.69, 9.17) is 5.73 Å². The summed E-state index contributed by atoms with van der Waals surface area (Å²) in [6.45, 7) is 0.878. The number of hydrogen-bond donors (Lipinski definition) is 2. The molecule has 1 aromatic rings. The Labute approximate surface area is 58.7 Å². The summed E-state index contributed by atoms with van der Waals surface area (Å²) in [6.07, 6.45) is 0. The molecule has 1 rings (SSSR count). The zero-order chi connectivity index (χ0) is 6.69. The minimum Gasteiger partial charge on any atom is -0.398 e. The molecule has 3 N–H and O–H groups in total. The highest BCUT2D eigenvalue weighted by atomic mass is 32.1. The van der Waals surface area contributed by atoms with E-state index in [9.17, 15) is 0 Å². The number of nitrogens with two attached hydrogens (primary N) is 1. The summed E-state index contributed by atoms with van der Waals surface area (Å²) in [7, 11) is 1.92. The third-order valence-corrected chi connectivity index (χ3v) is 2.05. The number of hydrogen-bond acceptors (Lipinski definition) is 3. The molecule has 1 heterocycles. The van der Waals surface area contributed by atoms with Gasteiger partial charge in [-0.25, -0.2) is 0 Å². The van der Waals surface area contributed by atoms with Crippen LogP contribution >= 0.6 is 11.3 Å². The minimum absolute atomic E-state index is 0.878. The molecule has 9 heavy (non-hydrogen) atoms. The lowest BCUT2D eigenvalue weighted by Crippen LogP contribution is -2.04. The fourth-order valence-electron chi connectivity index (χ4n) is 0.655. The van der Waals surface area contributed by atoms with E-state index < -0.39 is 0 Å². The smallest absolute Gasteiger partial charge is 0.0468 e. The first kappa shape index (κ1) is 6.58. The Kier molecular flexibility index (Phi) is 2.08. The maximum absolute atomic E-state index is 5.60. The van der Waals surface area contributed by atoms with Crippen molar-refractivity contribution in [1.29, 1.82) is 0 Å². The van der Waals surface area contributed by atoms with Crippen LogP contribution in [0.15, 0.2) is 11.4 Å². The van der Waals surface area contributed by atoms with Gasteiger partial charge in [0.05, 0.1) is 0 Å². The van der Waals surface area contributed by atoms with Crippen molar-refractivity contribution < 1.29 is 0 Å². The van der Waals surface area contributed by atoms with Gasteiger partial charge in [0.1, 0.15) is 0 Å². The van der Waals surface area contributed by atoms with Crippen molar-refractivity contribution in [1.82, 2.24) is 5.32 Å². The second kappa shape index (κ2) is 2.85. The molecule has 2 nitrogen and oxygen atoms in total. The van der Waals surface area contributed by atoms with E-state index in [0.717, 1.165) is 12.2 Å². The summed E-state index contributed by atoms with van der Waals surface area (Å²) in [5.74, 6) is 0. The van der Waals surface area contributed by atoms with Crippen LogP contribution in [0, 0.1) is 0 Å². The summed E-state index contributed by atoms with van der Waals surface area (Å²) in [5.41, 5.74) is 6.49. The van der Waals surface area contributed by atoms with E-state index in [-0.39, 0.29) is 0 Å². The second-order valence-corrected chi connectivity index (χ2v) is 2.83. The largest absolute Gasteiger partial charge is 0.398 e. The van der Waals surface area contributed by atoms with Crippen LogP contribution in [0.4, 0.5) is 5.69 Å². The van der Waals surface area contributed by atoms with Crippen molar-refractivity contribution >= 4 is 17.0 Å². The highest BCUT2D eigenvalue weighted by molar-refractivity contribution is 7.10. The van der Waals surface area contributed by atoms with Gasteiger partial charge in [0.25, 0.3) is 0 Å². The molecule has 0 aromatic carbocycles. The Morgan fingerprint density at radius 3 is 3.00 bits per heavy atom. The minimum atomic E-state index is 0.878. The number of thiophene rings is 1. The van der Waals surface area contributed by atoms with Crippen LogP contribution in [0.1, 0.15) is 4.88 Å². The predicted molar refractivity (Wildman–Crippen MR) is 41.5 cm³/mol. The van der Waals surface area contributed by atoms with E-state index in [1.165, 1.54) is 4.88 Å². The SMILES string of the molecule is CNCc1sccc1N. The summed E-state index contributed by atoms with van der Waals surface area (Å²) in [5, 5.41) is 5.04. The Balaban J connectivity index is 2.69. The average Bonchev–Trinajstić information content (AvgIpc) is 2.18. The zero-order valence-corrected chi connectivity index (χ0v) is 6.16. The standard InChI is InChI=1S/C6H10N2S/c1-8-4-6-5(7)2-3-9-6/h2-3,8H,4,7H2,1H3. The van der Waals surface area contributed by atoms with Crippen molar-refractivity contribution in [3.8, 4) is 0 Å². The number of anilines is 1. The predicted octanol–water partition coefficient (Wildman–Crippen LogP) is 1.05. The summed E-state index contributed by atoms with van der Waals surface area (Å²) >= 11 is 1.69. The molecule has 0 unspecified atom stereocenters. The van der Waals surface area contributed by atoms with Crippen molar-refractivity contribution in [2.75, 3.05) is 12.8 Å². The molecular formula is C6H10N2S. The molecule has 50 valence electrons. The van der Waals surface area contributed by atoms with Gasteiger partial charge in [0, 0.05) is 17.1 Å². The van der Waals surface area contributed by atoms with E-state index in [1.54, 1.807) is 11.3 Å². The monoisotopic (exact) mass is 142 g/mol. The number of nitrogens with one attached hydrogen (secondary N) is 1. The maximum Gasteiger partial charge on any atom is 0.0468 e. The topological polar surface area (TPSA) is 38.0 Å². The molecule has 0 radical (unpaired) electrons. The van der Waals surface area contributed by atoms with Crippen molar-refractivity contribution in [3.63, 3.8) is 0 Å². The van der Waals surface area contributed by atoms with Crippen LogP contribution < -0.4 is 11.1 Å². The van der Waals surface area contributed by atoms with Gasteiger partial charge in [-0.1, -0.05) is 0 Å². The molecule has 0 spiro atoms. The van der Waals surface area contributed by atoms with Crippen LogP contribution in [-0.4, -0.2) is 7.05 Å². The second-order valence-electron chi connectivity index (χ2n) is 1.83. The van der Waals surface area contributed by atoms with Gasteiger partial charge < -0.3 is 11.1 Å². The molecule has 1 aromatic heterocycles. The van der Waals surface area contributed by atoms with Gasteiger partial charge >= 0.3 is 0 Å². The first-order valence-corrected chi connectivity index (χ1v) is 3.69. The highest BCUT2D eigenvalue weighted by Crippen LogP contribution is 2.17. The quantitative estimate of drug-likeness (QED) is 0.647. The van der Waals surface area contributed by atoms with Crippen LogP contribution in [0.2, 0.25) is 0 Å². The van der Waals surface area contributed by atoms with Gasteiger partial charge in [-0.2, -0.15) is 0 Å². The molecule has 0 saturated carbocycles. The summed E-state index contributed by atoms with van der Waals surface area (Å²) in [6, 6.07) is 1.93. The zero-order valence-electron chi connectivity index (χ0n) is 5.35. The molecular weight excluding hydrogens is 132 g/mol. The number of rotatable bonds is 2. The first-order valence-electron chi connectivity index (χ1n) is 2.81. The molecule has 0 atom stereocenters. The normalized spacial score (nSPS) is 9.89. The van der Waals surface area contributed by atoms with Gasteiger partial charge in [0.2, 0.25) is 0 Å². The molecule has 0 bridgehead atoms. The maximum atomic E-state index is 5.60.